The molecule has 18 heavy (non-hydrogen) atoms. The molecule has 2 aliphatic rings. The minimum absolute atomic E-state index is 0.0224. The summed E-state index contributed by atoms with van der Waals surface area (Å²) in [4.78, 5) is 2.45. The Morgan fingerprint density at radius 2 is 2.33 bits per heavy atom. The Bertz CT molecular complexity index is 222. The summed E-state index contributed by atoms with van der Waals surface area (Å²) in [6.45, 7) is 3.96. The average Bonchev–Trinajstić information content (AvgIpc) is 2.42. The van der Waals surface area contributed by atoms with Gasteiger partial charge in [-0.15, -0.1) is 0 Å². The highest BCUT2D eigenvalue weighted by atomic mass is 32.2. The van der Waals surface area contributed by atoms with Gasteiger partial charge in [0, 0.05) is 43.9 Å². The molecule has 2 aliphatic heterocycles. The molecule has 4 nitrogen and oxygen atoms in total. The van der Waals surface area contributed by atoms with Gasteiger partial charge in [0.25, 0.3) is 0 Å². The molecule has 0 spiro atoms. The molecule has 0 radical (unpaired) electrons. The van der Waals surface area contributed by atoms with Crippen LogP contribution >= 0.6 is 11.8 Å². The molecule has 0 saturated carbocycles. The van der Waals surface area contributed by atoms with Gasteiger partial charge in [-0.25, -0.2) is 0 Å². The topological polar surface area (TPSA) is 41.9 Å². The molecule has 0 unspecified atom stereocenters. The standard InChI is InChI=1S/C13H25NO3S/c15-7-4-12-11-18-10-6-14(12)5-9-17-13-3-1-2-8-16-13/h12-13,15H,1-11H2/t12-,13+/m0/s1. The number of ether oxygens (including phenoxy) is 2. The summed E-state index contributed by atoms with van der Waals surface area (Å²) in [6.07, 6.45) is 4.33. The lowest BCUT2D eigenvalue weighted by atomic mass is 10.2. The first-order valence-electron chi connectivity index (χ1n) is 7.06. The smallest absolute Gasteiger partial charge is 0.157 e. The van der Waals surface area contributed by atoms with Crippen molar-refractivity contribution in [3.05, 3.63) is 0 Å². The van der Waals surface area contributed by atoms with E-state index in [1.165, 1.54) is 18.6 Å². The van der Waals surface area contributed by atoms with E-state index in [4.69, 9.17) is 14.6 Å². The van der Waals surface area contributed by atoms with Gasteiger partial charge in [0.2, 0.25) is 0 Å². The first-order chi connectivity index (χ1) is 8.90. The van der Waals surface area contributed by atoms with Gasteiger partial charge in [-0.3, -0.25) is 4.90 Å². The molecule has 0 aromatic rings. The molecule has 2 atom stereocenters. The first-order valence-corrected chi connectivity index (χ1v) is 8.21. The number of rotatable bonds is 6. The second kappa shape index (κ2) is 8.38. The predicted octanol–water partition coefficient (Wildman–Crippen LogP) is 1.33. The minimum Gasteiger partial charge on any atom is -0.396 e. The quantitative estimate of drug-likeness (QED) is 0.792. The van der Waals surface area contributed by atoms with Gasteiger partial charge in [0.15, 0.2) is 6.29 Å². The average molecular weight is 275 g/mol. The van der Waals surface area contributed by atoms with Crippen LogP contribution in [-0.4, -0.2) is 66.8 Å². The zero-order valence-corrected chi connectivity index (χ0v) is 11.9. The van der Waals surface area contributed by atoms with Gasteiger partial charge >= 0.3 is 0 Å². The zero-order valence-electron chi connectivity index (χ0n) is 11.1. The van der Waals surface area contributed by atoms with E-state index in [0.29, 0.717) is 6.04 Å². The van der Waals surface area contributed by atoms with Crippen molar-refractivity contribution in [3.8, 4) is 0 Å². The summed E-state index contributed by atoms with van der Waals surface area (Å²) in [6, 6.07) is 0.518. The second-order valence-electron chi connectivity index (χ2n) is 4.94. The van der Waals surface area contributed by atoms with E-state index in [0.717, 1.165) is 44.9 Å². The summed E-state index contributed by atoms with van der Waals surface area (Å²) < 4.78 is 11.3. The van der Waals surface area contributed by atoms with Gasteiger partial charge in [0.1, 0.15) is 0 Å². The van der Waals surface area contributed by atoms with Gasteiger partial charge < -0.3 is 14.6 Å². The second-order valence-corrected chi connectivity index (χ2v) is 6.09. The number of hydrogen-bond donors (Lipinski definition) is 1. The molecule has 0 aliphatic carbocycles. The number of thioether (sulfide) groups is 1. The first kappa shape index (κ1) is 14.6. The Morgan fingerprint density at radius 3 is 3.11 bits per heavy atom. The normalized spacial score (nSPS) is 30.5. The van der Waals surface area contributed by atoms with Crippen LogP contribution in [0, 0.1) is 0 Å². The monoisotopic (exact) mass is 275 g/mol. The van der Waals surface area contributed by atoms with E-state index in [1.807, 2.05) is 11.8 Å². The maximum atomic E-state index is 9.08. The van der Waals surface area contributed by atoms with E-state index in [1.54, 1.807) is 0 Å². The fourth-order valence-corrected chi connectivity index (χ4v) is 3.72. The Labute approximate surface area is 114 Å². The minimum atomic E-state index is 0.0224. The van der Waals surface area contributed by atoms with Gasteiger partial charge in [-0.2, -0.15) is 11.8 Å². The van der Waals surface area contributed by atoms with Crippen molar-refractivity contribution in [2.45, 2.75) is 38.0 Å². The van der Waals surface area contributed by atoms with Crippen molar-refractivity contribution in [1.82, 2.24) is 4.90 Å². The molecule has 2 rings (SSSR count). The van der Waals surface area contributed by atoms with Gasteiger partial charge in [-0.05, 0) is 25.7 Å². The third-order valence-corrected chi connectivity index (χ3v) is 4.72. The summed E-state index contributed by atoms with van der Waals surface area (Å²) in [7, 11) is 0. The summed E-state index contributed by atoms with van der Waals surface area (Å²) in [5.74, 6) is 2.34. The van der Waals surface area contributed by atoms with E-state index in [-0.39, 0.29) is 12.9 Å². The van der Waals surface area contributed by atoms with E-state index in [9.17, 15) is 0 Å². The van der Waals surface area contributed by atoms with Gasteiger partial charge in [-0.1, -0.05) is 0 Å². The van der Waals surface area contributed by atoms with Crippen LogP contribution in [0.15, 0.2) is 0 Å². The summed E-state index contributed by atoms with van der Waals surface area (Å²) in [5.41, 5.74) is 0. The number of nitrogens with zero attached hydrogens (tertiary/aromatic N) is 1. The zero-order chi connectivity index (χ0) is 12.6. The fourth-order valence-electron chi connectivity index (χ4n) is 2.54. The predicted molar refractivity (Wildman–Crippen MR) is 73.9 cm³/mol. The molecule has 0 amide bonds. The van der Waals surface area contributed by atoms with Crippen molar-refractivity contribution in [3.63, 3.8) is 0 Å². The maximum absolute atomic E-state index is 9.08. The van der Waals surface area contributed by atoms with Crippen molar-refractivity contribution in [2.75, 3.05) is 44.4 Å². The van der Waals surface area contributed by atoms with Crippen LogP contribution in [0.2, 0.25) is 0 Å². The molecule has 2 saturated heterocycles. The molecule has 1 N–H and O–H groups in total. The molecule has 0 bridgehead atoms. The fraction of sp³-hybridized carbons (Fsp3) is 1.00. The molecule has 0 aromatic carbocycles. The Balaban J connectivity index is 1.64. The third-order valence-electron chi connectivity index (χ3n) is 3.63. The lowest BCUT2D eigenvalue weighted by Crippen LogP contribution is -2.44. The molecule has 2 fully saturated rings. The Morgan fingerprint density at radius 1 is 1.39 bits per heavy atom. The van der Waals surface area contributed by atoms with Gasteiger partial charge in [0.05, 0.1) is 6.61 Å². The van der Waals surface area contributed by atoms with Crippen LogP contribution in [0.5, 0.6) is 0 Å². The lowest BCUT2D eigenvalue weighted by molar-refractivity contribution is -0.164. The van der Waals surface area contributed by atoms with Crippen molar-refractivity contribution < 1.29 is 14.6 Å². The van der Waals surface area contributed by atoms with Crippen LogP contribution in [-0.2, 0) is 9.47 Å². The summed E-state index contributed by atoms with van der Waals surface area (Å²) >= 11 is 1.99. The molecular weight excluding hydrogens is 250 g/mol. The van der Waals surface area contributed by atoms with Crippen LogP contribution in [0.4, 0.5) is 0 Å². The van der Waals surface area contributed by atoms with Crippen LogP contribution in [0.1, 0.15) is 25.7 Å². The molecular formula is C13H25NO3S. The van der Waals surface area contributed by atoms with Crippen molar-refractivity contribution >= 4 is 11.8 Å². The molecule has 2 heterocycles. The molecule has 106 valence electrons. The third kappa shape index (κ3) is 4.70. The largest absolute Gasteiger partial charge is 0.396 e. The summed E-state index contributed by atoms with van der Waals surface area (Å²) in [5, 5.41) is 9.08. The van der Waals surface area contributed by atoms with Crippen LogP contribution in [0.25, 0.3) is 0 Å². The van der Waals surface area contributed by atoms with E-state index in [2.05, 4.69) is 4.90 Å². The highest BCUT2D eigenvalue weighted by Crippen LogP contribution is 2.19. The molecule has 5 heteroatoms. The maximum Gasteiger partial charge on any atom is 0.157 e. The highest BCUT2D eigenvalue weighted by Gasteiger charge is 2.22. The van der Waals surface area contributed by atoms with Crippen molar-refractivity contribution in [2.24, 2.45) is 0 Å². The number of hydrogen-bond acceptors (Lipinski definition) is 5. The number of aliphatic hydroxyl groups is 1. The van der Waals surface area contributed by atoms with Crippen LogP contribution in [0.3, 0.4) is 0 Å². The van der Waals surface area contributed by atoms with E-state index >= 15 is 0 Å². The van der Waals surface area contributed by atoms with Crippen molar-refractivity contribution in [1.29, 1.82) is 0 Å². The Hall–Kier alpha value is 0.190. The van der Waals surface area contributed by atoms with Crippen LogP contribution < -0.4 is 0 Å². The van der Waals surface area contributed by atoms with E-state index < -0.39 is 0 Å². The molecule has 0 aromatic heterocycles. The number of aliphatic hydroxyl groups excluding tert-OH is 1. The SMILES string of the molecule is OCC[C@H]1CSCCN1CCO[C@@H]1CCCCO1. The highest BCUT2D eigenvalue weighted by molar-refractivity contribution is 7.99. The Kier molecular flexibility index (Phi) is 6.79. The lowest BCUT2D eigenvalue weighted by Gasteiger charge is -2.35.